The van der Waals surface area contributed by atoms with E-state index >= 15 is 0 Å². The van der Waals surface area contributed by atoms with E-state index in [1.165, 1.54) is 25.9 Å². The van der Waals surface area contributed by atoms with Gasteiger partial charge in [0.25, 0.3) is 0 Å². The zero-order valence-corrected chi connectivity index (χ0v) is 11.8. The number of likely N-dealkylation sites (tertiary alicyclic amines) is 1. The van der Waals surface area contributed by atoms with Gasteiger partial charge in [-0.25, -0.2) is 0 Å². The number of carboxylic acid groups (broad SMARTS) is 1. The predicted molar refractivity (Wildman–Crippen MR) is 79.3 cm³/mol. The van der Waals surface area contributed by atoms with Crippen LogP contribution in [0.25, 0.3) is 0 Å². The van der Waals surface area contributed by atoms with Crippen LogP contribution >= 0.6 is 0 Å². The van der Waals surface area contributed by atoms with E-state index in [0.29, 0.717) is 6.54 Å². The van der Waals surface area contributed by atoms with Crippen LogP contribution in [0.5, 0.6) is 0 Å². The summed E-state index contributed by atoms with van der Waals surface area (Å²) in [6, 6.07) is 7.93. The molecule has 1 aromatic carbocycles. The summed E-state index contributed by atoms with van der Waals surface area (Å²) in [6.45, 7) is 5.17. The Morgan fingerprint density at radius 2 is 1.95 bits per heavy atom. The third-order valence-electron chi connectivity index (χ3n) is 4.45. The van der Waals surface area contributed by atoms with Crippen molar-refractivity contribution in [2.75, 3.05) is 37.6 Å². The largest absolute Gasteiger partial charge is 0.481 e. The maximum Gasteiger partial charge on any atom is 0.312 e. The standard InChI is InChI=1S/C16H22N2O2/c19-16(20)14-12-18(15-7-2-1-6-13(14)15)11-5-10-17-8-3-4-9-17/h1-2,6-7,14H,3-5,8-12H2,(H,19,20). The highest BCUT2D eigenvalue weighted by Crippen LogP contribution is 2.36. The lowest BCUT2D eigenvalue weighted by Gasteiger charge is -2.21. The molecule has 0 spiro atoms. The molecule has 1 atom stereocenters. The van der Waals surface area contributed by atoms with Crippen LogP contribution in [0.4, 0.5) is 5.69 Å². The molecule has 0 radical (unpaired) electrons. The third kappa shape index (κ3) is 2.66. The van der Waals surface area contributed by atoms with E-state index < -0.39 is 5.97 Å². The summed E-state index contributed by atoms with van der Waals surface area (Å²) in [5.41, 5.74) is 2.09. The lowest BCUT2D eigenvalue weighted by Crippen LogP contribution is -2.29. The fourth-order valence-electron chi connectivity index (χ4n) is 3.40. The Bertz CT molecular complexity index is 483. The van der Waals surface area contributed by atoms with Gasteiger partial charge in [0.15, 0.2) is 0 Å². The molecular formula is C16H22N2O2. The van der Waals surface area contributed by atoms with Crippen LogP contribution in [0, 0.1) is 0 Å². The minimum Gasteiger partial charge on any atom is -0.481 e. The Hall–Kier alpha value is -1.55. The molecule has 1 unspecified atom stereocenters. The number of anilines is 1. The number of hydrogen-bond donors (Lipinski definition) is 1. The number of hydrogen-bond acceptors (Lipinski definition) is 3. The minimum atomic E-state index is -0.709. The molecule has 0 aromatic heterocycles. The van der Waals surface area contributed by atoms with Crippen LogP contribution in [0.2, 0.25) is 0 Å². The zero-order valence-electron chi connectivity index (χ0n) is 11.8. The number of para-hydroxylation sites is 1. The quantitative estimate of drug-likeness (QED) is 0.893. The Kier molecular flexibility index (Phi) is 3.92. The van der Waals surface area contributed by atoms with Crippen LogP contribution in [-0.4, -0.2) is 48.7 Å². The molecular weight excluding hydrogens is 252 g/mol. The summed E-state index contributed by atoms with van der Waals surface area (Å²) < 4.78 is 0. The number of carbonyl (C=O) groups is 1. The normalized spacial score (nSPS) is 22.2. The van der Waals surface area contributed by atoms with E-state index in [2.05, 4.69) is 9.80 Å². The van der Waals surface area contributed by atoms with Crippen LogP contribution in [-0.2, 0) is 4.79 Å². The molecule has 0 saturated carbocycles. The maximum atomic E-state index is 11.4. The van der Waals surface area contributed by atoms with Crippen LogP contribution in [0.15, 0.2) is 24.3 Å². The van der Waals surface area contributed by atoms with Gasteiger partial charge in [0.1, 0.15) is 5.92 Å². The summed E-state index contributed by atoms with van der Waals surface area (Å²) in [6.07, 6.45) is 3.77. The van der Waals surface area contributed by atoms with Gasteiger partial charge in [-0.15, -0.1) is 0 Å². The van der Waals surface area contributed by atoms with Crippen LogP contribution in [0.1, 0.15) is 30.7 Å². The molecule has 4 nitrogen and oxygen atoms in total. The molecule has 2 aliphatic rings. The molecule has 108 valence electrons. The zero-order chi connectivity index (χ0) is 13.9. The van der Waals surface area contributed by atoms with Crippen molar-refractivity contribution in [1.82, 2.24) is 4.90 Å². The number of carboxylic acids is 1. The molecule has 1 aromatic rings. The van der Waals surface area contributed by atoms with Gasteiger partial charge in [-0.3, -0.25) is 4.79 Å². The minimum absolute atomic E-state index is 0.363. The van der Waals surface area contributed by atoms with Crippen molar-refractivity contribution in [1.29, 1.82) is 0 Å². The molecule has 2 heterocycles. The SMILES string of the molecule is O=C(O)C1CN(CCCN2CCCC2)c2ccccc21. The number of aliphatic carboxylic acids is 1. The van der Waals surface area contributed by atoms with E-state index in [0.717, 1.165) is 30.8 Å². The van der Waals surface area contributed by atoms with Gasteiger partial charge in [-0.2, -0.15) is 0 Å². The summed E-state index contributed by atoms with van der Waals surface area (Å²) >= 11 is 0. The molecule has 20 heavy (non-hydrogen) atoms. The van der Waals surface area contributed by atoms with Gasteiger partial charge in [-0.1, -0.05) is 18.2 Å². The predicted octanol–water partition coefficient (Wildman–Crippen LogP) is 2.16. The van der Waals surface area contributed by atoms with E-state index in [1.807, 2.05) is 24.3 Å². The fourth-order valence-corrected chi connectivity index (χ4v) is 3.40. The summed E-state index contributed by atoms with van der Waals surface area (Å²) in [7, 11) is 0. The van der Waals surface area contributed by atoms with Crippen LogP contribution in [0.3, 0.4) is 0 Å². The maximum absolute atomic E-state index is 11.4. The molecule has 1 N–H and O–H groups in total. The topological polar surface area (TPSA) is 43.8 Å². The molecule has 2 aliphatic heterocycles. The third-order valence-corrected chi connectivity index (χ3v) is 4.45. The first-order valence-corrected chi connectivity index (χ1v) is 7.55. The average molecular weight is 274 g/mol. The highest BCUT2D eigenvalue weighted by atomic mass is 16.4. The van der Waals surface area contributed by atoms with Gasteiger partial charge in [0.05, 0.1) is 0 Å². The fraction of sp³-hybridized carbons (Fsp3) is 0.562. The highest BCUT2D eigenvalue weighted by Gasteiger charge is 2.32. The second-order valence-corrected chi connectivity index (χ2v) is 5.80. The van der Waals surface area contributed by atoms with Crippen molar-refractivity contribution in [2.45, 2.75) is 25.2 Å². The van der Waals surface area contributed by atoms with E-state index in [9.17, 15) is 9.90 Å². The molecule has 1 saturated heterocycles. The molecule has 0 aliphatic carbocycles. The summed E-state index contributed by atoms with van der Waals surface area (Å²) in [5, 5.41) is 9.34. The van der Waals surface area contributed by atoms with Gasteiger partial charge >= 0.3 is 5.97 Å². The van der Waals surface area contributed by atoms with E-state index in [4.69, 9.17) is 0 Å². The first kappa shape index (κ1) is 13.4. The number of fused-ring (bicyclic) bond motifs is 1. The molecule has 0 bridgehead atoms. The summed E-state index contributed by atoms with van der Waals surface area (Å²) in [5.74, 6) is -1.07. The van der Waals surface area contributed by atoms with E-state index in [-0.39, 0.29) is 5.92 Å². The Morgan fingerprint density at radius 3 is 2.70 bits per heavy atom. The van der Waals surface area contributed by atoms with Crippen molar-refractivity contribution in [3.63, 3.8) is 0 Å². The van der Waals surface area contributed by atoms with Crippen LogP contribution < -0.4 is 4.90 Å². The van der Waals surface area contributed by atoms with E-state index in [1.54, 1.807) is 0 Å². The monoisotopic (exact) mass is 274 g/mol. The van der Waals surface area contributed by atoms with Crippen molar-refractivity contribution in [3.05, 3.63) is 29.8 Å². The van der Waals surface area contributed by atoms with Gasteiger partial charge < -0.3 is 14.9 Å². The van der Waals surface area contributed by atoms with Crippen molar-refractivity contribution in [3.8, 4) is 0 Å². The van der Waals surface area contributed by atoms with Gasteiger partial charge in [-0.05, 0) is 50.5 Å². The second kappa shape index (κ2) is 5.83. The Morgan fingerprint density at radius 1 is 1.20 bits per heavy atom. The summed E-state index contributed by atoms with van der Waals surface area (Å²) in [4.78, 5) is 16.1. The first-order valence-electron chi connectivity index (χ1n) is 7.55. The van der Waals surface area contributed by atoms with Crippen molar-refractivity contribution >= 4 is 11.7 Å². The smallest absolute Gasteiger partial charge is 0.312 e. The number of benzene rings is 1. The Labute approximate surface area is 120 Å². The second-order valence-electron chi connectivity index (χ2n) is 5.80. The number of nitrogens with zero attached hydrogens (tertiary/aromatic N) is 2. The van der Waals surface area contributed by atoms with Crippen molar-refractivity contribution < 1.29 is 9.90 Å². The highest BCUT2D eigenvalue weighted by molar-refractivity contribution is 5.82. The van der Waals surface area contributed by atoms with Gasteiger partial charge in [0, 0.05) is 18.8 Å². The van der Waals surface area contributed by atoms with Gasteiger partial charge in [0.2, 0.25) is 0 Å². The molecule has 0 amide bonds. The number of rotatable bonds is 5. The average Bonchev–Trinajstić information content (AvgIpc) is 3.07. The molecule has 4 heteroatoms. The lowest BCUT2D eigenvalue weighted by molar-refractivity contribution is -0.138. The molecule has 3 rings (SSSR count). The lowest BCUT2D eigenvalue weighted by atomic mass is 10.0. The first-order chi connectivity index (χ1) is 9.75. The molecule has 1 fully saturated rings. The Balaban J connectivity index is 1.61. The van der Waals surface area contributed by atoms with Crippen molar-refractivity contribution in [2.24, 2.45) is 0 Å².